The summed E-state index contributed by atoms with van der Waals surface area (Å²) in [6, 6.07) is 10.1. The largest absolute Gasteiger partial charge is 0.370 e. The molecular weight excluding hydrogens is 174 g/mol. The molecule has 0 aromatic heterocycles. The summed E-state index contributed by atoms with van der Waals surface area (Å²) in [5, 5.41) is 8.65. The molecule has 0 bridgehead atoms. The molecule has 0 radical (unpaired) electrons. The van der Waals surface area contributed by atoms with Crippen molar-refractivity contribution in [1.82, 2.24) is 0 Å². The first kappa shape index (κ1) is 9.04. The maximum Gasteiger partial charge on any atom is 0.0991 e. The Hall–Kier alpha value is -1.53. The van der Waals surface area contributed by atoms with Gasteiger partial charge in [-0.05, 0) is 30.7 Å². The van der Waals surface area contributed by atoms with Crippen LogP contribution in [0.25, 0.3) is 0 Å². The van der Waals surface area contributed by atoms with Crippen LogP contribution in [-0.4, -0.2) is 19.1 Å². The van der Waals surface area contributed by atoms with Crippen LogP contribution in [0.4, 0.5) is 5.69 Å². The summed E-state index contributed by atoms with van der Waals surface area (Å²) in [7, 11) is 0. The molecule has 1 fully saturated rings. The lowest BCUT2D eigenvalue weighted by atomic mass is 10.2. The van der Waals surface area contributed by atoms with Gasteiger partial charge in [-0.3, -0.25) is 0 Å². The third kappa shape index (κ3) is 1.70. The van der Waals surface area contributed by atoms with Crippen molar-refractivity contribution in [2.24, 2.45) is 5.73 Å². The smallest absolute Gasteiger partial charge is 0.0991 e. The van der Waals surface area contributed by atoms with Crippen LogP contribution in [-0.2, 0) is 0 Å². The quantitative estimate of drug-likeness (QED) is 0.716. The van der Waals surface area contributed by atoms with Crippen LogP contribution in [0.2, 0.25) is 0 Å². The zero-order valence-electron chi connectivity index (χ0n) is 7.98. The Balaban J connectivity index is 2.14. The van der Waals surface area contributed by atoms with Gasteiger partial charge in [0.2, 0.25) is 0 Å². The van der Waals surface area contributed by atoms with Crippen LogP contribution in [0, 0.1) is 11.3 Å². The molecule has 1 atom stereocenters. The number of nitriles is 1. The molecule has 2 N–H and O–H groups in total. The predicted octanol–water partition coefficient (Wildman–Crippen LogP) is 1.10. The summed E-state index contributed by atoms with van der Waals surface area (Å²) in [6.07, 6.45) is 1.06. The molecule has 0 amide bonds. The zero-order chi connectivity index (χ0) is 9.97. The fourth-order valence-electron chi connectivity index (χ4n) is 1.77. The summed E-state index contributed by atoms with van der Waals surface area (Å²) in [6.45, 7) is 1.94. The van der Waals surface area contributed by atoms with Crippen LogP contribution in [0.15, 0.2) is 24.3 Å². The van der Waals surface area contributed by atoms with Crippen LogP contribution in [0.1, 0.15) is 12.0 Å². The van der Waals surface area contributed by atoms with E-state index in [1.807, 2.05) is 24.3 Å². The molecule has 1 aliphatic rings. The number of benzene rings is 1. The van der Waals surface area contributed by atoms with Gasteiger partial charge in [0.25, 0.3) is 0 Å². The first-order chi connectivity index (χ1) is 6.79. The van der Waals surface area contributed by atoms with Crippen molar-refractivity contribution < 1.29 is 0 Å². The molecule has 0 spiro atoms. The Morgan fingerprint density at radius 3 is 2.57 bits per heavy atom. The second-order valence-electron chi connectivity index (χ2n) is 3.65. The third-order valence-electron chi connectivity index (χ3n) is 2.59. The topological polar surface area (TPSA) is 53.0 Å². The lowest BCUT2D eigenvalue weighted by Gasteiger charge is -2.17. The molecular formula is C11H13N3. The summed E-state index contributed by atoms with van der Waals surface area (Å²) < 4.78 is 0. The van der Waals surface area contributed by atoms with E-state index in [2.05, 4.69) is 11.0 Å². The molecule has 1 saturated heterocycles. The normalized spacial score (nSPS) is 20.9. The molecule has 1 unspecified atom stereocenters. The van der Waals surface area contributed by atoms with E-state index in [0.29, 0.717) is 11.6 Å². The van der Waals surface area contributed by atoms with E-state index in [1.165, 1.54) is 0 Å². The number of hydrogen-bond acceptors (Lipinski definition) is 3. The Morgan fingerprint density at radius 1 is 1.36 bits per heavy atom. The minimum absolute atomic E-state index is 0.297. The van der Waals surface area contributed by atoms with Crippen molar-refractivity contribution in [2.45, 2.75) is 12.5 Å². The average molecular weight is 187 g/mol. The van der Waals surface area contributed by atoms with E-state index in [-0.39, 0.29) is 0 Å². The van der Waals surface area contributed by atoms with Crippen LogP contribution in [0.5, 0.6) is 0 Å². The molecule has 1 aromatic rings. The van der Waals surface area contributed by atoms with Crippen molar-refractivity contribution in [1.29, 1.82) is 5.26 Å². The van der Waals surface area contributed by atoms with Gasteiger partial charge in [0.15, 0.2) is 0 Å². The summed E-state index contributed by atoms with van der Waals surface area (Å²) >= 11 is 0. The van der Waals surface area contributed by atoms with Gasteiger partial charge < -0.3 is 10.6 Å². The van der Waals surface area contributed by atoms with E-state index in [1.54, 1.807) is 0 Å². The molecule has 0 saturated carbocycles. The Kier molecular flexibility index (Phi) is 2.38. The summed E-state index contributed by atoms with van der Waals surface area (Å²) in [5.74, 6) is 0. The van der Waals surface area contributed by atoms with Crippen molar-refractivity contribution in [2.75, 3.05) is 18.0 Å². The maximum absolute atomic E-state index is 8.65. The first-order valence-corrected chi connectivity index (χ1v) is 4.80. The van der Waals surface area contributed by atoms with Gasteiger partial charge >= 0.3 is 0 Å². The van der Waals surface area contributed by atoms with Gasteiger partial charge in [-0.25, -0.2) is 0 Å². The highest BCUT2D eigenvalue weighted by Crippen LogP contribution is 2.19. The van der Waals surface area contributed by atoms with Gasteiger partial charge in [0, 0.05) is 24.8 Å². The minimum atomic E-state index is 0.297. The van der Waals surface area contributed by atoms with E-state index in [9.17, 15) is 0 Å². The highest BCUT2D eigenvalue weighted by molar-refractivity contribution is 5.50. The molecule has 1 heterocycles. The number of rotatable bonds is 1. The lowest BCUT2D eigenvalue weighted by molar-refractivity contribution is 0.752. The van der Waals surface area contributed by atoms with Gasteiger partial charge in [-0.1, -0.05) is 0 Å². The Labute approximate surface area is 83.7 Å². The lowest BCUT2D eigenvalue weighted by Crippen LogP contribution is -2.26. The fraction of sp³-hybridized carbons (Fsp3) is 0.364. The maximum atomic E-state index is 8.65. The monoisotopic (exact) mass is 187 g/mol. The SMILES string of the molecule is N#Cc1ccc(N2CCC(N)C2)cc1. The van der Waals surface area contributed by atoms with Crippen LogP contribution in [0.3, 0.4) is 0 Å². The van der Waals surface area contributed by atoms with Crippen molar-refractivity contribution in [3.05, 3.63) is 29.8 Å². The molecule has 1 aromatic carbocycles. The first-order valence-electron chi connectivity index (χ1n) is 4.80. The number of nitrogens with two attached hydrogens (primary N) is 1. The summed E-state index contributed by atoms with van der Waals surface area (Å²) in [5.41, 5.74) is 7.69. The van der Waals surface area contributed by atoms with E-state index >= 15 is 0 Å². The number of hydrogen-bond donors (Lipinski definition) is 1. The van der Waals surface area contributed by atoms with E-state index in [0.717, 1.165) is 25.2 Å². The molecule has 2 rings (SSSR count). The molecule has 0 aliphatic carbocycles. The second-order valence-corrected chi connectivity index (χ2v) is 3.65. The highest BCUT2D eigenvalue weighted by Gasteiger charge is 2.18. The molecule has 3 heteroatoms. The van der Waals surface area contributed by atoms with E-state index < -0.39 is 0 Å². The highest BCUT2D eigenvalue weighted by atomic mass is 15.2. The molecule has 72 valence electrons. The van der Waals surface area contributed by atoms with Crippen LogP contribution < -0.4 is 10.6 Å². The Bertz CT molecular complexity index is 350. The van der Waals surface area contributed by atoms with Crippen molar-refractivity contribution in [3.8, 4) is 6.07 Å². The molecule has 14 heavy (non-hydrogen) atoms. The molecule has 3 nitrogen and oxygen atoms in total. The zero-order valence-corrected chi connectivity index (χ0v) is 7.98. The minimum Gasteiger partial charge on any atom is -0.370 e. The van der Waals surface area contributed by atoms with Crippen molar-refractivity contribution >= 4 is 5.69 Å². The second kappa shape index (κ2) is 3.69. The van der Waals surface area contributed by atoms with Crippen molar-refractivity contribution in [3.63, 3.8) is 0 Å². The summed E-state index contributed by atoms with van der Waals surface area (Å²) in [4.78, 5) is 2.26. The van der Waals surface area contributed by atoms with Gasteiger partial charge in [-0.15, -0.1) is 0 Å². The van der Waals surface area contributed by atoms with Gasteiger partial charge in [-0.2, -0.15) is 5.26 Å². The Morgan fingerprint density at radius 2 is 2.07 bits per heavy atom. The van der Waals surface area contributed by atoms with Gasteiger partial charge in [0.1, 0.15) is 0 Å². The average Bonchev–Trinajstić information content (AvgIpc) is 2.65. The van der Waals surface area contributed by atoms with Gasteiger partial charge in [0.05, 0.1) is 11.6 Å². The van der Waals surface area contributed by atoms with Crippen LogP contribution >= 0.6 is 0 Å². The number of nitrogens with zero attached hydrogens (tertiary/aromatic N) is 2. The molecule has 1 aliphatic heterocycles. The van der Waals surface area contributed by atoms with E-state index in [4.69, 9.17) is 11.0 Å². The predicted molar refractivity (Wildman–Crippen MR) is 56.0 cm³/mol. The third-order valence-corrected chi connectivity index (χ3v) is 2.59. The standard InChI is InChI=1S/C11H13N3/c12-7-9-1-3-11(4-2-9)14-6-5-10(13)8-14/h1-4,10H,5-6,8,13H2. The fourth-order valence-corrected chi connectivity index (χ4v) is 1.77. The number of anilines is 1.